The third-order valence-electron chi connectivity index (χ3n) is 5.46. The summed E-state index contributed by atoms with van der Waals surface area (Å²) in [6.45, 7) is 2.25. The highest BCUT2D eigenvalue weighted by atomic mass is 32.1. The number of nitrogens with zero attached hydrogens (tertiary/aromatic N) is 4. The van der Waals surface area contributed by atoms with Crippen molar-refractivity contribution in [2.75, 3.05) is 11.4 Å². The molecule has 1 atom stereocenters. The molecule has 0 radical (unpaired) electrons. The van der Waals surface area contributed by atoms with Crippen molar-refractivity contribution in [2.24, 2.45) is 0 Å². The summed E-state index contributed by atoms with van der Waals surface area (Å²) in [4.78, 5) is 22.5. The largest absolute Gasteiger partial charge is 0.416 e. The highest BCUT2D eigenvalue weighted by Crippen LogP contribution is 2.40. The van der Waals surface area contributed by atoms with E-state index in [-0.39, 0.29) is 32.9 Å². The molecule has 6 nitrogen and oxygen atoms in total. The van der Waals surface area contributed by atoms with Gasteiger partial charge in [-0.3, -0.25) is 9.48 Å². The van der Waals surface area contributed by atoms with E-state index >= 15 is 0 Å². The highest BCUT2D eigenvalue weighted by molar-refractivity contribution is 7.59. The fourth-order valence-corrected chi connectivity index (χ4v) is 3.75. The van der Waals surface area contributed by atoms with Gasteiger partial charge in [-0.25, -0.2) is 4.98 Å². The lowest BCUT2D eigenvalue weighted by Crippen LogP contribution is -2.42. The molecular weight excluding hydrogens is 427 g/mol. The van der Waals surface area contributed by atoms with Crippen LogP contribution < -0.4 is 4.90 Å². The zero-order valence-corrected chi connectivity index (χ0v) is 17.1. The Labute approximate surface area is 184 Å². The van der Waals surface area contributed by atoms with Gasteiger partial charge in [0.1, 0.15) is 11.5 Å². The van der Waals surface area contributed by atoms with E-state index in [4.69, 9.17) is 0 Å². The first-order valence-electron chi connectivity index (χ1n) is 9.45. The van der Waals surface area contributed by atoms with Crippen LogP contribution in [-0.2, 0) is 6.18 Å². The fraction of sp³-hybridized carbons (Fsp3) is 0.381. The summed E-state index contributed by atoms with van der Waals surface area (Å²) < 4.78 is 40.3. The topological polar surface area (TPSA) is 66.8 Å². The lowest BCUT2D eigenvalue weighted by Gasteiger charge is -2.32. The van der Waals surface area contributed by atoms with E-state index in [1.165, 1.54) is 17.0 Å². The van der Waals surface area contributed by atoms with Gasteiger partial charge < -0.3 is 9.88 Å². The summed E-state index contributed by atoms with van der Waals surface area (Å²) in [7, 11) is 0. The van der Waals surface area contributed by atoms with Gasteiger partial charge >= 0.3 is 6.18 Å². The number of fused-ring (bicyclic) bond motifs is 1. The number of carbonyl (C=O) groups excluding carboxylic acids is 1. The smallest absolute Gasteiger partial charge is 0.342 e. The molecule has 31 heavy (non-hydrogen) atoms. The lowest BCUT2D eigenvalue weighted by atomic mass is 10.1. The second kappa shape index (κ2) is 8.07. The van der Waals surface area contributed by atoms with Gasteiger partial charge in [0.15, 0.2) is 0 Å². The first-order valence-corrected chi connectivity index (χ1v) is 9.45. The summed E-state index contributed by atoms with van der Waals surface area (Å²) >= 11 is 0. The van der Waals surface area contributed by atoms with Gasteiger partial charge in [-0.1, -0.05) is 7.43 Å². The molecule has 5 rings (SSSR count). The molecule has 1 fully saturated rings. The number of aromatic nitrogens is 4. The van der Waals surface area contributed by atoms with Crippen molar-refractivity contribution in [3.8, 4) is 11.3 Å². The molecule has 3 aromatic rings. The third kappa shape index (κ3) is 3.96. The molecule has 1 aliphatic heterocycles. The molecule has 1 N–H and O–H groups in total. The van der Waals surface area contributed by atoms with Crippen molar-refractivity contribution >= 4 is 25.1 Å². The predicted octanol–water partition coefficient (Wildman–Crippen LogP) is 5.14. The first kappa shape index (κ1) is 22.9. The van der Waals surface area contributed by atoms with Crippen molar-refractivity contribution in [3.63, 3.8) is 0 Å². The van der Waals surface area contributed by atoms with E-state index in [0.717, 1.165) is 36.5 Å². The maximum atomic E-state index is 13.3. The lowest BCUT2D eigenvalue weighted by molar-refractivity contribution is -0.137. The van der Waals surface area contributed by atoms with Gasteiger partial charge in [-0.2, -0.15) is 31.8 Å². The average molecular weight is 452 g/mol. The number of amides is 1. The van der Waals surface area contributed by atoms with Crippen LogP contribution in [0.1, 0.15) is 61.0 Å². The van der Waals surface area contributed by atoms with E-state index in [1.807, 2.05) is 6.92 Å². The van der Waals surface area contributed by atoms with Crippen LogP contribution >= 0.6 is 13.5 Å². The van der Waals surface area contributed by atoms with Crippen LogP contribution in [-0.4, -0.2) is 32.2 Å². The molecule has 3 heterocycles. The van der Waals surface area contributed by atoms with Crippen LogP contribution in [0, 0.1) is 0 Å². The van der Waals surface area contributed by atoms with Crippen molar-refractivity contribution in [1.82, 2.24) is 19.7 Å². The van der Waals surface area contributed by atoms with E-state index < -0.39 is 11.7 Å². The van der Waals surface area contributed by atoms with E-state index in [9.17, 15) is 18.0 Å². The number of hydrogen-bond acceptors (Lipinski definition) is 3. The number of benzene rings is 1. The van der Waals surface area contributed by atoms with Crippen LogP contribution in [0.25, 0.3) is 11.3 Å². The SMILES string of the molecule is C.C[C@H]1CN(c2ccc(C(F)(F)F)cc2)C(=O)c2c(-c3cnc(C4CC4)[nH]3)cnn21.S. The number of nitrogens with one attached hydrogen (secondary N) is 1. The van der Waals surface area contributed by atoms with Crippen molar-refractivity contribution in [1.29, 1.82) is 0 Å². The van der Waals surface area contributed by atoms with Crippen LogP contribution in [0.15, 0.2) is 36.7 Å². The number of aromatic amines is 1. The minimum Gasteiger partial charge on any atom is -0.342 e. The predicted molar refractivity (Wildman–Crippen MR) is 117 cm³/mol. The van der Waals surface area contributed by atoms with Gasteiger partial charge in [-0.15, -0.1) is 0 Å². The normalized spacial score (nSPS) is 18.3. The second-order valence-corrected chi connectivity index (χ2v) is 7.62. The third-order valence-corrected chi connectivity index (χ3v) is 5.46. The first-order chi connectivity index (χ1) is 13.8. The molecule has 1 aliphatic carbocycles. The highest BCUT2D eigenvalue weighted by Gasteiger charge is 2.36. The summed E-state index contributed by atoms with van der Waals surface area (Å²) in [6, 6.07) is 4.54. The second-order valence-electron chi connectivity index (χ2n) is 7.62. The molecule has 1 amide bonds. The van der Waals surface area contributed by atoms with Crippen molar-refractivity contribution < 1.29 is 18.0 Å². The van der Waals surface area contributed by atoms with Crippen molar-refractivity contribution in [3.05, 3.63) is 53.7 Å². The summed E-state index contributed by atoms with van der Waals surface area (Å²) in [5.41, 5.74) is 1.47. The molecule has 0 bridgehead atoms. The zero-order valence-electron chi connectivity index (χ0n) is 16.1. The Bertz CT molecular complexity index is 1090. The number of carbonyl (C=O) groups is 1. The molecule has 2 aromatic heterocycles. The van der Waals surface area contributed by atoms with Crippen LogP contribution in [0.2, 0.25) is 0 Å². The number of hydrogen-bond donors (Lipinski definition) is 1. The van der Waals surface area contributed by atoms with Gasteiger partial charge in [-0.05, 0) is 44.0 Å². The number of alkyl halides is 3. The molecule has 2 aliphatic rings. The Morgan fingerprint density at radius 2 is 1.81 bits per heavy atom. The molecule has 166 valence electrons. The number of H-pyrrole nitrogens is 1. The fourth-order valence-electron chi connectivity index (χ4n) is 3.75. The van der Waals surface area contributed by atoms with Gasteiger partial charge in [0, 0.05) is 18.2 Å². The Hall–Kier alpha value is -2.75. The maximum absolute atomic E-state index is 13.3. The number of imidazole rings is 1. The van der Waals surface area contributed by atoms with Gasteiger partial charge in [0.25, 0.3) is 5.91 Å². The van der Waals surface area contributed by atoms with Crippen LogP contribution in [0.4, 0.5) is 18.9 Å². The summed E-state index contributed by atoms with van der Waals surface area (Å²) in [5, 5.41) is 4.38. The maximum Gasteiger partial charge on any atom is 0.416 e. The van der Waals surface area contributed by atoms with Gasteiger partial charge in [0.2, 0.25) is 0 Å². The summed E-state index contributed by atoms with van der Waals surface area (Å²) in [6.07, 6.45) is 1.15. The van der Waals surface area contributed by atoms with Crippen LogP contribution in [0.5, 0.6) is 0 Å². The van der Waals surface area contributed by atoms with Crippen molar-refractivity contribution in [2.45, 2.75) is 45.3 Å². The minimum absolute atomic E-state index is 0. The molecular formula is C21H24F3N5OS. The van der Waals surface area contributed by atoms with Gasteiger partial charge in [0.05, 0.1) is 35.3 Å². The molecule has 0 spiro atoms. The van der Waals surface area contributed by atoms with Crippen LogP contribution in [0.3, 0.4) is 0 Å². The summed E-state index contributed by atoms with van der Waals surface area (Å²) in [5.74, 6) is 1.07. The van der Waals surface area contributed by atoms with E-state index in [0.29, 0.717) is 29.4 Å². The zero-order chi connectivity index (χ0) is 20.3. The Kier molecular flexibility index (Phi) is 5.96. The Balaban J connectivity index is 0.00000136. The number of halogens is 3. The van der Waals surface area contributed by atoms with E-state index in [2.05, 4.69) is 15.1 Å². The Morgan fingerprint density at radius 3 is 2.42 bits per heavy atom. The minimum atomic E-state index is -4.41. The monoisotopic (exact) mass is 451 g/mol. The molecule has 1 aromatic carbocycles. The Morgan fingerprint density at radius 1 is 1.13 bits per heavy atom. The molecule has 10 heteroatoms. The average Bonchev–Trinajstić information content (AvgIpc) is 3.24. The molecule has 0 unspecified atom stereocenters. The number of rotatable bonds is 3. The quantitative estimate of drug-likeness (QED) is 0.600. The van der Waals surface area contributed by atoms with E-state index in [1.54, 1.807) is 17.1 Å². The standard InChI is InChI=1S/C20H18F3N5O.CH4.H2S/c1-11-10-27(14-6-4-13(5-7-14)20(21,22)23)19(29)17-15(8-25-28(11)17)16-9-24-18(26-16)12-2-3-12;;/h4-9,11-12H,2-3,10H2,1H3,(H,24,26);1H4;1H2/t11-;;/m0../s1. The number of anilines is 1. The molecule has 1 saturated carbocycles. The molecule has 0 saturated heterocycles.